The summed E-state index contributed by atoms with van der Waals surface area (Å²) in [5.74, 6) is -0.953. The largest absolute Gasteiger partial charge is 0.366 e. The second-order valence-corrected chi connectivity index (χ2v) is 3.27. The van der Waals surface area contributed by atoms with E-state index in [0.717, 1.165) is 0 Å². The summed E-state index contributed by atoms with van der Waals surface area (Å²) in [6, 6.07) is 9.06. The monoisotopic (exact) mass is 216 g/mol. The minimum atomic E-state index is -0.577. The Morgan fingerprint density at radius 3 is 2.75 bits per heavy atom. The van der Waals surface area contributed by atoms with Gasteiger partial charge in [-0.2, -0.15) is 0 Å². The highest BCUT2D eigenvalue weighted by atomic mass is 19.1. The van der Waals surface area contributed by atoms with Gasteiger partial charge in [0.15, 0.2) is 0 Å². The maximum Gasteiger partial charge on any atom is 0.250 e. The number of amides is 1. The molecule has 3 nitrogen and oxygen atoms in total. The van der Waals surface area contributed by atoms with Crippen molar-refractivity contribution in [2.45, 2.75) is 0 Å². The van der Waals surface area contributed by atoms with Gasteiger partial charge < -0.3 is 5.73 Å². The summed E-state index contributed by atoms with van der Waals surface area (Å²) in [5.41, 5.74) is 6.44. The van der Waals surface area contributed by atoms with Crippen LogP contribution >= 0.6 is 0 Å². The Morgan fingerprint density at radius 2 is 2.06 bits per heavy atom. The predicted molar refractivity (Wildman–Crippen MR) is 58.1 cm³/mol. The quantitative estimate of drug-likeness (QED) is 0.834. The molecule has 1 aromatic carbocycles. The van der Waals surface area contributed by atoms with Crippen LogP contribution in [0.15, 0.2) is 42.6 Å². The lowest BCUT2D eigenvalue weighted by molar-refractivity contribution is 0.100. The van der Waals surface area contributed by atoms with E-state index in [2.05, 4.69) is 4.98 Å². The number of rotatable bonds is 2. The molecule has 0 fully saturated rings. The molecule has 0 spiro atoms. The summed E-state index contributed by atoms with van der Waals surface area (Å²) >= 11 is 0. The molecule has 16 heavy (non-hydrogen) atoms. The number of carbonyl (C=O) groups is 1. The molecule has 4 heteroatoms. The Hall–Kier alpha value is -2.23. The number of benzene rings is 1. The van der Waals surface area contributed by atoms with E-state index in [9.17, 15) is 9.18 Å². The van der Waals surface area contributed by atoms with E-state index >= 15 is 0 Å². The average Bonchev–Trinajstić information content (AvgIpc) is 2.29. The van der Waals surface area contributed by atoms with E-state index in [1.165, 1.54) is 18.3 Å². The maximum atomic E-state index is 13.0. The van der Waals surface area contributed by atoms with Crippen molar-refractivity contribution in [3.05, 3.63) is 54.0 Å². The molecule has 0 saturated heterocycles. The minimum Gasteiger partial charge on any atom is -0.366 e. The van der Waals surface area contributed by atoms with Crippen LogP contribution in [0.3, 0.4) is 0 Å². The van der Waals surface area contributed by atoms with Crippen molar-refractivity contribution in [2.75, 3.05) is 0 Å². The number of aromatic nitrogens is 1. The van der Waals surface area contributed by atoms with Crippen LogP contribution < -0.4 is 5.73 Å². The first kappa shape index (κ1) is 10.3. The third-order valence-corrected chi connectivity index (χ3v) is 2.17. The normalized spacial score (nSPS) is 10.1. The number of hydrogen-bond donors (Lipinski definition) is 1. The van der Waals surface area contributed by atoms with E-state index < -0.39 is 5.91 Å². The Morgan fingerprint density at radius 1 is 1.25 bits per heavy atom. The number of pyridine rings is 1. The minimum absolute atomic E-state index is 0.285. The van der Waals surface area contributed by atoms with Crippen molar-refractivity contribution in [3.63, 3.8) is 0 Å². The number of carbonyl (C=O) groups excluding carboxylic acids is 1. The van der Waals surface area contributed by atoms with Gasteiger partial charge in [0.05, 0.1) is 11.3 Å². The standard InChI is InChI=1S/C12H9FN2O/c13-9-4-1-3-8(7-9)11-10(12(14)16)5-2-6-15-11/h1-7H,(H2,14,16). The fourth-order valence-electron chi connectivity index (χ4n) is 1.47. The molecule has 2 N–H and O–H groups in total. The van der Waals surface area contributed by atoms with Crippen molar-refractivity contribution < 1.29 is 9.18 Å². The summed E-state index contributed by atoms with van der Waals surface area (Å²) in [6.45, 7) is 0. The molecule has 0 aliphatic carbocycles. The third kappa shape index (κ3) is 1.91. The average molecular weight is 216 g/mol. The summed E-state index contributed by atoms with van der Waals surface area (Å²) in [6.07, 6.45) is 1.53. The highest BCUT2D eigenvalue weighted by Crippen LogP contribution is 2.21. The molecule has 2 rings (SSSR count). The van der Waals surface area contributed by atoms with Gasteiger partial charge in [-0.25, -0.2) is 4.39 Å². The predicted octanol–water partition coefficient (Wildman–Crippen LogP) is 1.99. The van der Waals surface area contributed by atoms with Crippen molar-refractivity contribution in [1.29, 1.82) is 0 Å². The van der Waals surface area contributed by atoms with Gasteiger partial charge >= 0.3 is 0 Å². The number of hydrogen-bond acceptors (Lipinski definition) is 2. The van der Waals surface area contributed by atoms with Gasteiger partial charge in [0.1, 0.15) is 5.82 Å². The number of primary amides is 1. The first-order chi connectivity index (χ1) is 7.68. The maximum absolute atomic E-state index is 13.0. The molecule has 0 saturated carbocycles. The first-order valence-electron chi connectivity index (χ1n) is 4.69. The van der Waals surface area contributed by atoms with Crippen LogP contribution in [0.1, 0.15) is 10.4 Å². The second-order valence-electron chi connectivity index (χ2n) is 3.27. The first-order valence-corrected chi connectivity index (χ1v) is 4.69. The molecular formula is C12H9FN2O. The van der Waals surface area contributed by atoms with E-state index in [-0.39, 0.29) is 11.4 Å². The summed E-state index contributed by atoms with van der Waals surface area (Å²) < 4.78 is 13.0. The Labute approximate surface area is 91.7 Å². The lowest BCUT2D eigenvalue weighted by Gasteiger charge is -2.05. The Balaban J connectivity index is 2.60. The highest BCUT2D eigenvalue weighted by Gasteiger charge is 2.10. The molecule has 0 unspecified atom stereocenters. The van der Waals surface area contributed by atoms with Crippen molar-refractivity contribution in [1.82, 2.24) is 4.98 Å². The third-order valence-electron chi connectivity index (χ3n) is 2.17. The van der Waals surface area contributed by atoms with Crippen molar-refractivity contribution >= 4 is 5.91 Å². The summed E-state index contributed by atoms with van der Waals surface area (Å²) in [5, 5.41) is 0. The lowest BCUT2D eigenvalue weighted by Crippen LogP contribution is -2.13. The lowest BCUT2D eigenvalue weighted by atomic mass is 10.1. The number of halogens is 1. The van der Waals surface area contributed by atoms with Crippen LogP contribution in [0.25, 0.3) is 11.3 Å². The molecule has 0 bridgehead atoms. The van der Waals surface area contributed by atoms with Crippen LogP contribution in [-0.4, -0.2) is 10.9 Å². The van der Waals surface area contributed by atoms with E-state index in [4.69, 9.17) is 5.73 Å². The zero-order valence-corrected chi connectivity index (χ0v) is 8.35. The van der Waals surface area contributed by atoms with Crippen LogP contribution in [0.4, 0.5) is 4.39 Å². The molecule has 0 radical (unpaired) electrons. The van der Waals surface area contributed by atoms with Crippen molar-refractivity contribution in [3.8, 4) is 11.3 Å². The fraction of sp³-hybridized carbons (Fsp3) is 0. The van der Waals surface area contributed by atoms with Gasteiger partial charge in [0.2, 0.25) is 0 Å². The molecule has 0 aliphatic rings. The summed E-state index contributed by atoms with van der Waals surface area (Å²) in [7, 11) is 0. The van der Waals surface area contributed by atoms with Gasteiger partial charge in [-0.15, -0.1) is 0 Å². The molecule has 0 atom stereocenters. The zero-order valence-electron chi connectivity index (χ0n) is 8.35. The molecule has 1 heterocycles. The molecule has 0 aliphatic heterocycles. The molecule has 2 aromatic rings. The van der Waals surface area contributed by atoms with Crippen LogP contribution in [0, 0.1) is 5.82 Å². The smallest absolute Gasteiger partial charge is 0.250 e. The van der Waals surface area contributed by atoms with Crippen LogP contribution in [0.2, 0.25) is 0 Å². The number of nitrogens with two attached hydrogens (primary N) is 1. The fourth-order valence-corrected chi connectivity index (χ4v) is 1.47. The van der Waals surface area contributed by atoms with Crippen LogP contribution in [0.5, 0.6) is 0 Å². The Kier molecular flexibility index (Phi) is 2.64. The van der Waals surface area contributed by atoms with Gasteiger partial charge in [0.25, 0.3) is 5.91 Å². The molecule has 1 amide bonds. The van der Waals surface area contributed by atoms with Gasteiger partial charge in [-0.1, -0.05) is 12.1 Å². The zero-order chi connectivity index (χ0) is 11.5. The topological polar surface area (TPSA) is 56.0 Å². The van der Waals surface area contributed by atoms with Gasteiger partial charge in [-0.3, -0.25) is 9.78 Å². The van der Waals surface area contributed by atoms with E-state index in [1.807, 2.05) is 0 Å². The molecule has 1 aromatic heterocycles. The molecule has 80 valence electrons. The van der Waals surface area contributed by atoms with Crippen molar-refractivity contribution in [2.24, 2.45) is 5.73 Å². The number of nitrogens with zero attached hydrogens (tertiary/aromatic N) is 1. The van der Waals surface area contributed by atoms with E-state index in [1.54, 1.807) is 24.3 Å². The van der Waals surface area contributed by atoms with Crippen LogP contribution in [-0.2, 0) is 0 Å². The Bertz CT molecular complexity index is 540. The van der Waals surface area contributed by atoms with Gasteiger partial charge in [-0.05, 0) is 24.3 Å². The highest BCUT2D eigenvalue weighted by molar-refractivity contribution is 5.98. The second kappa shape index (κ2) is 4.10. The molecular weight excluding hydrogens is 207 g/mol. The van der Waals surface area contributed by atoms with E-state index in [0.29, 0.717) is 11.3 Å². The summed E-state index contributed by atoms with van der Waals surface area (Å²) in [4.78, 5) is 15.2. The SMILES string of the molecule is NC(=O)c1cccnc1-c1cccc(F)c1. The van der Waals surface area contributed by atoms with Gasteiger partial charge in [0, 0.05) is 11.8 Å².